The highest BCUT2D eigenvalue weighted by Gasteiger charge is 2.18. The molecule has 4 rings (SSSR count). The van der Waals surface area contributed by atoms with Crippen molar-refractivity contribution in [1.29, 1.82) is 0 Å². The van der Waals surface area contributed by atoms with Crippen molar-refractivity contribution in [3.63, 3.8) is 0 Å². The van der Waals surface area contributed by atoms with Crippen LogP contribution in [0.2, 0.25) is 0 Å². The first-order valence-electron chi connectivity index (χ1n) is 19.7. The fourth-order valence-electron chi connectivity index (χ4n) is 4.74. The molecule has 15 nitrogen and oxygen atoms in total. The Kier molecular flexibility index (Phi) is 45.0. The zero-order valence-electron chi connectivity index (χ0n) is 37.5. The Hall–Kier alpha value is -5.18. The molecule has 15 heteroatoms. The largest absolute Gasteiger partial charge is 0.493 e. The number of benzene rings is 1. The number of nitrogens with one attached hydrogen (secondary N) is 4. The Morgan fingerprint density at radius 2 is 1.54 bits per heavy atom. The number of carbonyl (C=O) groups is 3. The summed E-state index contributed by atoms with van der Waals surface area (Å²) in [6.07, 6.45) is 17.9. The molecule has 0 bridgehead atoms. The van der Waals surface area contributed by atoms with E-state index in [4.69, 9.17) is 14.4 Å². The number of imidazole rings is 2. The number of aromatic nitrogens is 4. The molecule has 0 saturated heterocycles. The first-order chi connectivity index (χ1) is 28.5. The average Bonchev–Trinajstić information content (AvgIpc) is 3.94. The number of aromatic amines is 2. The molecular formula is C44H76N8O7. The van der Waals surface area contributed by atoms with E-state index in [1.165, 1.54) is 37.7 Å². The van der Waals surface area contributed by atoms with Crippen LogP contribution in [-0.2, 0) is 35.1 Å². The number of hydrogen-bond donors (Lipinski definition) is 7. The topological polar surface area (TPSA) is 240 Å². The third-order valence-corrected chi connectivity index (χ3v) is 7.38. The van der Waals surface area contributed by atoms with Crippen LogP contribution >= 0.6 is 0 Å². The van der Waals surface area contributed by atoms with Crippen LogP contribution in [0.4, 0.5) is 0 Å². The second kappa shape index (κ2) is 43.9. The quantitative estimate of drug-likeness (QED) is 0.0401. The van der Waals surface area contributed by atoms with Gasteiger partial charge in [0.25, 0.3) is 0 Å². The van der Waals surface area contributed by atoms with Gasteiger partial charge in [-0.2, -0.15) is 0 Å². The molecule has 0 spiro atoms. The van der Waals surface area contributed by atoms with Crippen LogP contribution in [0.1, 0.15) is 109 Å². The van der Waals surface area contributed by atoms with Crippen molar-refractivity contribution >= 4 is 31.1 Å². The molecule has 59 heavy (non-hydrogen) atoms. The van der Waals surface area contributed by atoms with E-state index in [9.17, 15) is 9.90 Å². The van der Waals surface area contributed by atoms with E-state index in [0.29, 0.717) is 30.5 Å². The molecule has 0 saturated carbocycles. The van der Waals surface area contributed by atoms with E-state index >= 15 is 0 Å². The molecule has 1 aliphatic carbocycles. The lowest BCUT2D eigenvalue weighted by Gasteiger charge is -2.16. The average molecular weight is 829 g/mol. The van der Waals surface area contributed by atoms with Gasteiger partial charge >= 0.3 is 0 Å². The van der Waals surface area contributed by atoms with Crippen LogP contribution in [0.5, 0.6) is 0 Å². The number of carbonyl (C=O) groups excluding carboxylic acids is 4. The molecule has 334 valence electrons. The zero-order chi connectivity index (χ0) is 45.9. The zero-order valence-corrected chi connectivity index (χ0v) is 37.5. The maximum absolute atomic E-state index is 10.3. The number of primary amides is 1. The molecule has 2 amide bonds. The van der Waals surface area contributed by atoms with Crippen LogP contribution in [0.25, 0.3) is 16.8 Å². The maximum atomic E-state index is 10.3. The predicted molar refractivity (Wildman–Crippen MR) is 241 cm³/mol. The van der Waals surface area contributed by atoms with E-state index in [2.05, 4.69) is 129 Å². The number of aryl methyl sites for hydroxylation is 1. The Morgan fingerprint density at radius 3 is 1.93 bits per heavy atom. The molecule has 9 N–H and O–H groups in total. The minimum atomic E-state index is -0.530. The number of ether oxygens (including phenoxy) is 2. The van der Waals surface area contributed by atoms with Crippen LogP contribution in [0, 0.1) is 11.8 Å². The number of nitrogens with zero attached hydrogens (tertiary/aromatic N) is 2. The molecule has 1 aromatic carbocycles. The van der Waals surface area contributed by atoms with Crippen LogP contribution in [0.15, 0.2) is 61.1 Å². The van der Waals surface area contributed by atoms with E-state index < -0.39 is 6.10 Å². The second-order valence-electron chi connectivity index (χ2n) is 13.2. The van der Waals surface area contributed by atoms with Gasteiger partial charge in [-0.3, -0.25) is 9.59 Å². The first-order valence-corrected chi connectivity index (χ1v) is 19.7. The SMILES string of the molecule is C=O.CC(C)CCc1ncc(-c2ccc(C3=CCC(c4cnc([C@H](O)CC(C)C)[nH]4)C=C3)cc2)[nH]1.CCCNC.CCCNC=O.CN.COC.COC=C=O.NC=O. The lowest BCUT2D eigenvalue weighted by atomic mass is 9.91. The highest BCUT2D eigenvalue weighted by atomic mass is 16.5. The number of H-pyrrole nitrogens is 2. The van der Waals surface area contributed by atoms with Gasteiger partial charge in [-0.25, -0.2) is 14.8 Å². The Balaban J connectivity index is -0.000000477. The van der Waals surface area contributed by atoms with Crippen molar-refractivity contribution in [3.05, 3.63) is 84.1 Å². The van der Waals surface area contributed by atoms with Crippen molar-refractivity contribution < 1.29 is 33.8 Å². The third kappa shape index (κ3) is 32.5. The van der Waals surface area contributed by atoms with Crippen LogP contribution in [-0.4, -0.2) is 99.1 Å². The summed E-state index contributed by atoms with van der Waals surface area (Å²) in [4.78, 5) is 50.9. The third-order valence-electron chi connectivity index (χ3n) is 7.38. The van der Waals surface area contributed by atoms with E-state index in [1.807, 2.05) is 33.2 Å². The number of aliphatic hydroxyl groups excluding tert-OH is 1. The first kappa shape index (κ1) is 60.5. The van der Waals surface area contributed by atoms with Gasteiger partial charge < -0.3 is 51.4 Å². The summed E-state index contributed by atoms with van der Waals surface area (Å²) in [5.41, 5.74) is 14.4. The number of allylic oxidation sites excluding steroid dienone is 4. The summed E-state index contributed by atoms with van der Waals surface area (Å²) < 4.78 is 8.39. The predicted octanol–water partition coefficient (Wildman–Crippen LogP) is 6.09. The van der Waals surface area contributed by atoms with Gasteiger partial charge in [0.05, 0.1) is 19.0 Å². The van der Waals surface area contributed by atoms with E-state index in [0.717, 1.165) is 67.8 Å². The van der Waals surface area contributed by atoms with Crippen molar-refractivity contribution in [2.24, 2.45) is 23.3 Å². The fraction of sp³-hybridized carbons (Fsp3) is 0.523. The molecule has 0 fully saturated rings. The number of nitrogens with two attached hydrogens (primary N) is 2. The summed E-state index contributed by atoms with van der Waals surface area (Å²) in [7, 11) is 8.11. The number of amides is 2. The molecule has 0 aliphatic heterocycles. The summed E-state index contributed by atoms with van der Waals surface area (Å²) in [6, 6.07) is 8.67. The molecule has 0 radical (unpaired) electrons. The summed E-state index contributed by atoms with van der Waals surface area (Å²) in [6.45, 7) is 16.8. The second-order valence-corrected chi connectivity index (χ2v) is 13.2. The molecule has 1 aliphatic rings. The van der Waals surface area contributed by atoms with Crippen molar-refractivity contribution in [3.8, 4) is 11.3 Å². The Morgan fingerprint density at radius 1 is 0.966 bits per heavy atom. The normalized spacial score (nSPS) is 12.1. The van der Waals surface area contributed by atoms with Gasteiger partial charge in [-0.1, -0.05) is 84.0 Å². The van der Waals surface area contributed by atoms with Gasteiger partial charge in [0.2, 0.25) is 12.8 Å². The minimum absolute atomic E-state index is 0.250. The van der Waals surface area contributed by atoms with Gasteiger partial charge in [-0.15, -0.1) is 0 Å². The number of aliphatic hydroxyl groups is 1. The number of hydrogen-bond acceptors (Lipinski definition) is 11. The van der Waals surface area contributed by atoms with Gasteiger partial charge in [0.15, 0.2) is 12.2 Å². The summed E-state index contributed by atoms with van der Waals surface area (Å²) >= 11 is 0. The standard InChI is InChI=1S/C28H36N4O.C4H9NO.C4H11N.C3H4O2.C2H6O.CH3NO.CH5N.CH2O/c1-18(2)5-14-27-29-16-24(31-27)22-10-6-20(7-11-22)21-8-12-23(13-9-21)25-17-30-28(32-25)26(33)15-19(3)4;1-2-3-5-4-6;1-3-4-5-2;1-5-3-2-4;1-3-2;2-1-3;2*1-2/h6-12,16-19,23,26,33H,5,13-15H2,1-4H3,(H,29,31)(H,30,32);4H,2-3H2,1H3,(H,5,6);5H,3-4H2,1-2H3;3H,1H3;1-2H3;1H,(H2,2,3);2H2,1H3;1H2/t23?,26-;;;;;;;/m1......./s1. The molecule has 2 aromatic heterocycles. The van der Waals surface area contributed by atoms with Crippen molar-refractivity contribution in [2.75, 3.05) is 48.5 Å². The number of rotatable bonds is 15. The number of methoxy groups -OCH3 is 2. The molecular weight excluding hydrogens is 753 g/mol. The van der Waals surface area contributed by atoms with E-state index in [-0.39, 0.29) is 12.3 Å². The van der Waals surface area contributed by atoms with Gasteiger partial charge in [0.1, 0.15) is 24.5 Å². The Bertz CT molecular complexity index is 1500. The fourth-order valence-corrected chi connectivity index (χ4v) is 4.74. The lowest BCUT2D eigenvalue weighted by Crippen LogP contribution is -2.10. The smallest absolute Gasteiger partial charge is 0.207 e. The summed E-state index contributed by atoms with van der Waals surface area (Å²) in [5.74, 6) is 4.52. The van der Waals surface area contributed by atoms with Gasteiger partial charge in [-0.05, 0) is 81.3 Å². The highest BCUT2D eigenvalue weighted by molar-refractivity contribution is 5.76. The van der Waals surface area contributed by atoms with E-state index in [1.54, 1.807) is 14.2 Å². The maximum Gasteiger partial charge on any atom is 0.207 e. The van der Waals surface area contributed by atoms with Crippen LogP contribution < -0.4 is 22.1 Å². The van der Waals surface area contributed by atoms with Crippen molar-refractivity contribution in [1.82, 2.24) is 30.6 Å². The molecule has 2 heterocycles. The Labute approximate surface area is 353 Å². The molecule has 2 atom stereocenters. The minimum Gasteiger partial charge on any atom is -0.493 e. The highest BCUT2D eigenvalue weighted by Crippen LogP contribution is 2.31. The lowest BCUT2D eigenvalue weighted by molar-refractivity contribution is -0.109. The summed E-state index contributed by atoms with van der Waals surface area (Å²) in [5, 5.41) is 15.9. The van der Waals surface area contributed by atoms with Crippen molar-refractivity contribution in [2.45, 2.75) is 92.1 Å². The van der Waals surface area contributed by atoms with Gasteiger partial charge in [0, 0.05) is 45.0 Å². The molecule has 1 unspecified atom stereocenters. The van der Waals surface area contributed by atoms with Crippen LogP contribution in [0.3, 0.4) is 0 Å². The monoisotopic (exact) mass is 829 g/mol. The molecule has 3 aromatic rings.